The zero-order valence-corrected chi connectivity index (χ0v) is 12.9. The summed E-state index contributed by atoms with van der Waals surface area (Å²) in [5.74, 6) is -0.0276. The quantitative estimate of drug-likeness (QED) is 0.793. The van der Waals surface area contributed by atoms with Gasteiger partial charge in [0, 0.05) is 12.6 Å². The molecule has 0 aromatic rings. The van der Waals surface area contributed by atoms with Crippen molar-refractivity contribution in [1.82, 2.24) is 10.2 Å². The summed E-state index contributed by atoms with van der Waals surface area (Å²) in [7, 11) is 0. The van der Waals surface area contributed by atoms with Gasteiger partial charge >= 0.3 is 5.97 Å². The summed E-state index contributed by atoms with van der Waals surface area (Å²) >= 11 is 0. The summed E-state index contributed by atoms with van der Waals surface area (Å²) < 4.78 is 11.2. The minimum atomic E-state index is -0.0276. The van der Waals surface area contributed by atoms with Crippen LogP contribution >= 0.6 is 0 Å². The number of carbonyl (C=O) groups is 1. The Balaban J connectivity index is 1.48. The van der Waals surface area contributed by atoms with E-state index in [1.54, 1.807) is 0 Å². The van der Waals surface area contributed by atoms with E-state index in [4.69, 9.17) is 9.47 Å². The Labute approximate surface area is 127 Å². The molecule has 0 saturated carbocycles. The van der Waals surface area contributed by atoms with E-state index < -0.39 is 0 Å². The third-order valence-corrected chi connectivity index (χ3v) is 5.03. The highest BCUT2D eigenvalue weighted by Gasteiger charge is 2.37. The summed E-state index contributed by atoms with van der Waals surface area (Å²) in [4.78, 5) is 14.8. The molecule has 0 amide bonds. The first-order valence-corrected chi connectivity index (χ1v) is 8.59. The van der Waals surface area contributed by atoms with Gasteiger partial charge in [-0.15, -0.1) is 0 Å². The zero-order valence-electron chi connectivity index (χ0n) is 12.9. The van der Waals surface area contributed by atoms with E-state index in [9.17, 15) is 4.79 Å². The first-order valence-electron chi connectivity index (χ1n) is 8.59. The minimum absolute atomic E-state index is 0.0170. The van der Waals surface area contributed by atoms with Crippen LogP contribution in [0.25, 0.3) is 0 Å². The Morgan fingerprint density at radius 2 is 2.00 bits per heavy atom. The molecule has 3 fully saturated rings. The largest absolute Gasteiger partial charge is 0.462 e. The van der Waals surface area contributed by atoms with Gasteiger partial charge in [-0.2, -0.15) is 0 Å². The van der Waals surface area contributed by atoms with Crippen LogP contribution in [-0.4, -0.2) is 61.9 Å². The molecule has 21 heavy (non-hydrogen) atoms. The van der Waals surface area contributed by atoms with Gasteiger partial charge in [-0.1, -0.05) is 0 Å². The molecule has 1 N–H and O–H groups in total. The molecule has 0 radical (unpaired) electrons. The van der Waals surface area contributed by atoms with Crippen LogP contribution in [0.15, 0.2) is 0 Å². The lowest BCUT2D eigenvalue weighted by atomic mass is 10.0. The maximum atomic E-state index is 12.4. The maximum Gasteiger partial charge on any atom is 0.323 e. The number of likely N-dealkylation sites (tertiary alicyclic amines) is 1. The highest BCUT2D eigenvalue weighted by molar-refractivity contribution is 5.76. The molecule has 0 aromatic heterocycles. The van der Waals surface area contributed by atoms with Crippen molar-refractivity contribution in [2.75, 3.05) is 32.8 Å². The zero-order chi connectivity index (χ0) is 14.5. The molecule has 3 rings (SSSR count). The monoisotopic (exact) mass is 296 g/mol. The molecule has 0 spiro atoms. The molecular formula is C16H28N2O3. The van der Waals surface area contributed by atoms with Crippen LogP contribution in [0.4, 0.5) is 0 Å². The molecule has 3 heterocycles. The molecule has 0 aromatic carbocycles. The van der Waals surface area contributed by atoms with Crippen molar-refractivity contribution in [1.29, 1.82) is 0 Å². The molecule has 0 aliphatic carbocycles. The van der Waals surface area contributed by atoms with Crippen molar-refractivity contribution < 1.29 is 14.3 Å². The fourth-order valence-corrected chi connectivity index (χ4v) is 3.83. The van der Waals surface area contributed by atoms with E-state index in [-0.39, 0.29) is 18.1 Å². The van der Waals surface area contributed by atoms with Crippen LogP contribution < -0.4 is 5.32 Å². The fourth-order valence-electron chi connectivity index (χ4n) is 3.83. The summed E-state index contributed by atoms with van der Waals surface area (Å²) in [6.07, 6.45) is 7.83. The van der Waals surface area contributed by atoms with Gasteiger partial charge in [0.05, 0.1) is 6.10 Å². The van der Waals surface area contributed by atoms with Gasteiger partial charge in [-0.25, -0.2) is 0 Å². The van der Waals surface area contributed by atoms with E-state index in [1.807, 2.05) is 0 Å². The Morgan fingerprint density at radius 1 is 1.14 bits per heavy atom. The van der Waals surface area contributed by atoms with Gasteiger partial charge in [0.2, 0.25) is 0 Å². The summed E-state index contributed by atoms with van der Waals surface area (Å²) in [5, 5.41) is 3.39. The SMILES string of the molecule is O=C(OCC1CCCCO1)C1CCCN1C1CCNCC1. The number of ether oxygens (including phenoxy) is 2. The molecule has 5 heteroatoms. The summed E-state index contributed by atoms with van der Waals surface area (Å²) in [6.45, 7) is 4.43. The number of hydrogen-bond donors (Lipinski definition) is 1. The first-order chi connectivity index (χ1) is 10.3. The molecule has 0 bridgehead atoms. The second-order valence-corrected chi connectivity index (χ2v) is 6.50. The van der Waals surface area contributed by atoms with Crippen molar-refractivity contribution in [2.24, 2.45) is 0 Å². The van der Waals surface area contributed by atoms with Gasteiger partial charge in [0.25, 0.3) is 0 Å². The third kappa shape index (κ3) is 3.96. The number of nitrogens with one attached hydrogen (secondary N) is 1. The van der Waals surface area contributed by atoms with Crippen LogP contribution in [0.5, 0.6) is 0 Å². The molecule has 120 valence electrons. The number of nitrogens with zero attached hydrogens (tertiary/aromatic N) is 1. The molecule has 2 unspecified atom stereocenters. The smallest absolute Gasteiger partial charge is 0.323 e. The van der Waals surface area contributed by atoms with E-state index in [0.717, 1.165) is 64.8 Å². The third-order valence-electron chi connectivity index (χ3n) is 5.03. The lowest BCUT2D eigenvalue weighted by molar-refractivity contribution is -0.155. The number of esters is 1. The highest BCUT2D eigenvalue weighted by Crippen LogP contribution is 2.25. The van der Waals surface area contributed by atoms with Crippen molar-refractivity contribution >= 4 is 5.97 Å². The van der Waals surface area contributed by atoms with Gasteiger partial charge in [-0.3, -0.25) is 9.69 Å². The lowest BCUT2D eigenvalue weighted by Gasteiger charge is -2.35. The number of rotatable bonds is 4. The predicted octanol–water partition coefficient (Wildman–Crippen LogP) is 1.32. The second-order valence-electron chi connectivity index (χ2n) is 6.50. The van der Waals surface area contributed by atoms with Gasteiger partial charge in [-0.05, 0) is 64.6 Å². The molecule has 3 saturated heterocycles. The standard InChI is InChI=1S/C16H28N2O3/c19-16(21-12-14-4-1-2-11-20-14)15-5-3-10-18(15)13-6-8-17-9-7-13/h13-15,17H,1-12H2. The molecule has 3 aliphatic heterocycles. The van der Waals surface area contributed by atoms with E-state index >= 15 is 0 Å². The molecule has 2 atom stereocenters. The topological polar surface area (TPSA) is 50.8 Å². The number of piperidine rings is 1. The Kier molecular flexibility index (Phi) is 5.49. The average molecular weight is 296 g/mol. The highest BCUT2D eigenvalue weighted by atomic mass is 16.6. The maximum absolute atomic E-state index is 12.4. The number of hydrogen-bond acceptors (Lipinski definition) is 5. The van der Waals surface area contributed by atoms with E-state index in [0.29, 0.717) is 12.6 Å². The number of carbonyl (C=O) groups excluding carboxylic acids is 1. The van der Waals surface area contributed by atoms with Crippen molar-refractivity contribution in [3.8, 4) is 0 Å². The Hall–Kier alpha value is -0.650. The van der Waals surface area contributed by atoms with Crippen molar-refractivity contribution in [3.63, 3.8) is 0 Å². The summed E-state index contributed by atoms with van der Waals surface area (Å²) in [6, 6.07) is 0.536. The second kappa shape index (κ2) is 7.56. The Bertz CT molecular complexity index is 338. The van der Waals surface area contributed by atoms with Crippen LogP contribution in [0.1, 0.15) is 44.9 Å². The minimum Gasteiger partial charge on any atom is -0.462 e. The van der Waals surface area contributed by atoms with Crippen LogP contribution in [0.2, 0.25) is 0 Å². The van der Waals surface area contributed by atoms with Crippen LogP contribution in [0, 0.1) is 0 Å². The molecule has 3 aliphatic rings. The van der Waals surface area contributed by atoms with Crippen molar-refractivity contribution in [2.45, 2.75) is 63.1 Å². The van der Waals surface area contributed by atoms with E-state index in [1.165, 1.54) is 6.42 Å². The normalized spacial score (nSPS) is 32.2. The Morgan fingerprint density at radius 3 is 2.76 bits per heavy atom. The van der Waals surface area contributed by atoms with Gasteiger partial charge in [0.15, 0.2) is 0 Å². The van der Waals surface area contributed by atoms with Crippen LogP contribution in [0.3, 0.4) is 0 Å². The fraction of sp³-hybridized carbons (Fsp3) is 0.938. The van der Waals surface area contributed by atoms with Crippen molar-refractivity contribution in [3.05, 3.63) is 0 Å². The van der Waals surface area contributed by atoms with E-state index in [2.05, 4.69) is 10.2 Å². The lowest BCUT2D eigenvalue weighted by Crippen LogP contribution is -2.48. The molecular weight excluding hydrogens is 268 g/mol. The van der Waals surface area contributed by atoms with Gasteiger partial charge < -0.3 is 14.8 Å². The predicted molar refractivity (Wildman–Crippen MR) is 80.2 cm³/mol. The first kappa shape index (κ1) is 15.3. The molecule has 5 nitrogen and oxygen atoms in total. The average Bonchev–Trinajstić information content (AvgIpc) is 3.04. The van der Waals surface area contributed by atoms with Gasteiger partial charge in [0.1, 0.15) is 12.6 Å². The van der Waals surface area contributed by atoms with Crippen LogP contribution in [-0.2, 0) is 14.3 Å². The summed E-state index contributed by atoms with van der Waals surface area (Å²) in [5.41, 5.74) is 0.